The Bertz CT molecular complexity index is 354. The molecule has 0 atom stereocenters. The predicted octanol–water partition coefficient (Wildman–Crippen LogP) is 2.00. The van der Waals surface area contributed by atoms with Crippen LogP contribution in [-0.2, 0) is 0 Å². The Hall–Kier alpha value is -1.18. The van der Waals surface area contributed by atoms with Gasteiger partial charge in [-0.2, -0.15) is 0 Å². The Labute approximate surface area is 77.9 Å². The zero-order chi connectivity index (χ0) is 8.23. The van der Waals surface area contributed by atoms with E-state index in [1.54, 1.807) is 12.4 Å². The van der Waals surface area contributed by atoms with Crippen LogP contribution < -0.4 is 0 Å². The van der Waals surface area contributed by atoms with Crippen molar-refractivity contribution in [3.8, 4) is 11.8 Å². The third kappa shape index (κ3) is 1.70. The SMILES string of the molecule is C(#Cc1nccs1)c1nccs1. The lowest BCUT2D eigenvalue weighted by Gasteiger charge is -1.74. The van der Waals surface area contributed by atoms with E-state index in [0.29, 0.717) is 0 Å². The van der Waals surface area contributed by atoms with Gasteiger partial charge in [-0.05, 0) is 11.8 Å². The minimum Gasteiger partial charge on any atom is -0.236 e. The van der Waals surface area contributed by atoms with E-state index in [2.05, 4.69) is 21.8 Å². The van der Waals surface area contributed by atoms with Crippen LogP contribution in [0.2, 0.25) is 0 Å². The summed E-state index contributed by atoms with van der Waals surface area (Å²) < 4.78 is 0. The van der Waals surface area contributed by atoms with E-state index in [1.165, 1.54) is 22.7 Å². The number of nitrogens with zero attached hydrogens (tertiary/aromatic N) is 2. The van der Waals surface area contributed by atoms with Crippen LogP contribution in [0.5, 0.6) is 0 Å². The van der Waals surface area contributed by atoms with Crippen molar-refractivity contribution in [2.45, 2.75) is 0 Å². The number of rotatable bonds is 0. The fraction of sp³-hybridized carbons (Fsp3) is 0. The van der Waals surface area contributed by atoms with Crippen LogP contribution >= 0.6 is 22.7 Å². The molecule has 2 rings (SSSR count). The second-order valence-corrected chi connectivity index (χ2v) is 3.71. The van der Waals surface area contributed by atoms with E-state index >= 15 is 0 Å². The fourth-order valence-electron chi connectivity index (χ4n) is 0.677. The van der Waals surface area contributed by atoms with Crippen molar-refractivity contribution in [1.29, 1.82) is 0 Å². The zero-order valence-electron chi connectivity index (χ0n) is 6.02. The van der Waals surface area contributed by atoms with Crippen LogP contribution in [0.15, 0.2) is 23.2 Å². The summed E-state index contributed by atoms with van der Waals surface area (Å²) >= 11 is 3.07. The molecular weight excluding hydrogens is 188 g/mol. The molecule has 0 aliphatic carbocycles. The Morgan fingerprint density at radius 1 is 0.917 bits per heavy atom. The van der Waals surface area contributed by atoms with Gasteiger partial charge in [0, 0.05) is 23.2 Å². The smallest absolute Gasteiger partial charge is 0.167 e. The third-order valence-electron chi connectivity index (χ3n) is 1.14. The largest absolute Gasteiger partial charge is 0.236 e. The van der Waals surface area contributed by atoms with Crippen molar-refractivity contribution in [2.24, 2.45) is 0 Å². The summed E-state index contributed by atoms with van der Waals surface area (Å²) in [4.78, 5) is 8.07. The molecule has 0 bridgehead atoms. The minimum absolute atomic E-state index is 0.838. The maximum atomic E-state index is 4.04. The third-order valence-corrected chi connectivity index (χ3v) is 2.52. The highest BCUT2D eigenvalue weighted by molar-refractivity contribution is 7.10. The first-order chi connectivity index (χ1) is 5.95. The van der Waals surface area contributed by atoms with Gasteiger partial charge in [-0.25, -0.2) is 9.97 Å². The van der Waals surface area contributed by atoms with Gasteiger partial charge in [0.1, 0.15) is 0 Å². The molecule has 0 fully saturated rings. The molecule has 4 heteroatoms. The van der Waals surface area contributed by atoms with Crippen molar-refractivity contribution in [2.75, 3.05) is 0 Å². The second-order valence-electron chi connectivity index (χ2n) is 1.92. The van der Waals surface area contributed by atoms with Crippen LogP contribution in [0.25, 0.3) is 0 Å². The van der Waals surface area contributed by atoms with Gasteiger partial charge in [-0.3, -0.25) is 0 Å². The number of hydrogen-bond acceptors (Lipinski definition) is 4. The summed E-state index contributed by atoms with van der Waals surface area (Å²) in [6.45, 7) is 0. The van der Waals surface area contributed by atoms with Gasteiger partial charge in [0.2, 0.25) is 0 Å². The van der Waals surface area contributed by atoms with Gasteiger partial charge in [0.05, 0.1) is 0 Å². The fourth-order valence-corrected chi connectivity index (χ4v) is 1.64. The molecule has 2 nitrogen and oxygen atoms in total. The van der Waals surface area contributed by atoms with Crippen LogP contribution in [0.1, 0.15) is 10.0 Å². The molecule has 58 valence electrons. The summed E-state index contributed by atoms with van der Waals surface area (Å²) in [5.41, 5.74) is 0. The molecule has 0 radical (unpaired) electrons. The summed E-state index contributed by atoms with van der Waals surface area (Å²) in [7, 11) is 0. The minimum atomic E-state index is 0.838. The molecule has 0 N–H and O–H groups in total. The highest BCUT2D eigenvalue weighted by Gasteiger charge is 1.88. The molecule has 2 heterocycles. The molecular formula is C8H4N2S2. The van der Waals surface area contributed by atoms with E-state index in [0.717, 1.165) is 10.0 Å². The highest BCUT2D eigenvalue weighted by Crippen LogP contribution is 2.04. The summed E-state index contributed by atoms with van der Waals surface area (Å²) in [5.74, 6) is 5.86. The van der Waals surface area contributed by atoms with Gasteiger partial charge in [0.15, 0.2) is 10.0 Å². The first-order valence-corrected chi connectivity index (χ1v) is 5.02. The molecule has 0 saturated heterocycles. The van der Waals surface area contributed by atoms with Gasteiger partial charge >= 0.3 is 0 Å². The molecule has 0 aliphatic rings. The van der Waals surface area contributed by atoms with Crippen molar-refractivity contribution in [3.63, 3.8) is 0 Å². The van der Waals surface area contributed by atoms with Crippen molar-refractivity contribution in [1.82, 2.24) is 9.97 Å². The maximum Gasteiger partial charge on any atom is 0.167 e. The Balaban J connectivity index is 2.22. The van der Waals surface area contributed by atoms with Gasteiger partial charge < -0.3 is 0 Å². The van der Waals surface area contributed by atoms with E-state index < -0.39 is 0 Å². The van der Waals surface area contributed by atoms with E-state index in [9.17, 15) is 0 Å². The Morgan fingerprint density at radius 3 is 1.75 bits per heavy atom. The molecule has 2 aromatic rings. The van der Waals surface area contributed by atoms with Gasteiger partial charge in [-0.1, -0.05) is 0 Å². The number of hydrogen-bond donors (Lipinski definition) is 0. The zero-order valence-corrected chi connectivity index (χ0v) is 7.65. The molecule has 0 amide bonds. The van der Waals surface area contributed by atoms with E-state index in [1.807, 2.05) is 10.8 Å². The van der Waals surface area contributed by atoms with Crippen LogP contribution in [-0.4, -0.2) is 9.97 Å². The Kier molecular flexibility index (Phi) is 2.16. The predicted molar refractivity (Wildman–Crippen MR) is 50.2 cm³/mol. The molecule has 2 aromatic heterocycles. The average Bonchev–Trinajstić information content (AvgIpc) is 2.74. The molecule has 0 saturated carbocycles. The summed E-state index contributed by atoms with van der Waals surface area (Å²) in [6, 6.07) is 0. The first-order valence-electron chi connectivity index (χ1n) is 3.26. The van der Waals surface area contributed by atoms with Crippen LogP contribution in [0.4, 0.5) is 0 Å². The van der Waals surface area contributed by atoms with Gasteiger partial charge in [-0.15, -0.1) is 22.7 Å². The average molecular weight is 192 g/mol. The molecule has 12 heavy (non-hydrogen) atoms. The number of thiazole rings is 2. The van der Waals surface area contributed by atoms with Crippen LogP contribution in [0, 0.1) is 11.8 Å². The molecule has 0 unspecified atom stereocenters. The normalized spacial score (nSPS) is 9.00. The molecule has 0 aliphatic heterocycles. The van der Waals surface area contributed by atoms with Crippen molar-refractivity contribution in [3.05, 3.63) is 33.2 Å². The second kappa shape index (κ2) is 3.48. The summed E-state index contributed by atoms with van der Waals surface area (Å²) in [5, 5.41) is 5.49. The maximum absolute atomic E-state index is 4.04. The quantitative estimate of drug-likeness (QED) is 0.597. The standard InChI is InChI=1S/C8H4N2S2/c1(7-9-3-5-11-7)2-8-10-4-6-12-8/h3-6H. The van der Waals surface area contributed by atoms with Crippen molar-refractivity contribution < 1.29 is 0 Å². The van der Waals surface area contributed by atoms with Crippen molar-refractivity contribution >= 4 is 22.7 Å². The van der Waals surface area contributed by atoms with E-state index in [4.69, 9.17) is 0 Å². The molecule has 0 spiro atoms. The monoisotopic (exact) mass is 192 g/mol. The lowest BCUT2D eigenvalue weighted by Crippen LogP contribution is -1.70. The topological polar surface area (TPSA) is 25.8 Å². The van der Waals surface area contributed by atoms with Gasteiger partial charge in [0.25, 0.3) is 0 Å². The first kappa shape index (κ1) is 7.47. The lowest BCUT2D eigenvalue weighted by atomic mass is 10.6. The number of aromatic nitrogens is 2. The lowest BCUT2D eigenvalue weighted by molar-refractivity contribution is 1.37. The summed E-state index contributed by atoms with van der Waals surface area (Å²) in [6.07, 6.45) is 3.49. The van der Waals surface area contributed by atoms with Crippen LogP contribution in [0.3, 0.4) is 0 Å². The Morgan fingerprint density at radius 2 is 1.42 bits per heavy atom. The highest BCUT2D eigenvalue weighted by atomic mass is 32.1. The van der Waals surface area contributed by atoms with E-state index in [-0.39, 0.29) is 0 Å². The molecule has 0 aromatic carbocycles.